The summed E-state index contributed by atoms with van der Waals surface area (Å²) in [7, 11) is 0. The van der Waals surface area contributed by atoms with Crippen molar-refractivity contribution in [2.75, 3.05) is 13.2 Å². The number of hydrogen-bond acceptors (Lipinski definition) is 3. The predicted octanol–water partition coefficient (Wildman–Crippen LogP) is 2.00. The summed E-state index contributed by atoms with van der Waals surface area (Å²) in [6.45, 7) is 2.94. The van der Waals surface area contributed by atoms with Gasteiger partial charge in [0, 0.05) is 6.61 Å². The molecule has 0 aromatic rings. The number of unbranched alkanes of at least 4 members (excludes halogenated alkanes) is 3. The summed E-state index contributed by atoms with van der Waals surface area (Å²) in [6.07, 6.45) is 8.05. The van der Waals surface area contributed by atoms with Gasteiger partial charge in [0.1, 0.15) is 6.61 Å². The molecule has 2 N–H and O–H groups in total. The van der Waals surface area contributed by atoms with Crippen molar-refractivity contribution in [2.45, 2.75) is 70.4 Å². The fourth-order valence-electron chi connectivity index (χ4n) is 2.32. The Kier molecular flexibility index (Phi) is 8.01. The number of nitrogens with one attached hydrogen (secondary N) is 1. The molecule has 0 bridgehead atoms. The number of rotatable bonds is 8. The summed E-state index contributed by atoms with van der Waals surface area (Å²) in [4.78, 5) is 11.6. The van der Waals surface area contributed by atoms with Gasteiger partial charge in [0.15, 0.2) is 0 Å². The van der Waals surface area contributed by atoms with Gasteiger partial charge in [-0.1, -0.05) is 39.0 Å². The standard InChI is InChI=1S/C14H27NO3/c1-2-3-4-7-10-18-11-14(17)15-12-8-5-6-9-13(12)16/h12-13,16H,2-11H2,1H3,(H,15,17). The van der Waals surface area contributed by atoms with Gasteiger partial charge in [-0.05, 0) is 19.3 Å². The fraction of sp³-hybridized carbons (Fsp3) is 0.929. The molecule has 0 aromatic carbocycles. The number of ether oxygens (including phenoxy) is 1. The summed E-state index contributed by atoms with van der Waals surface area (Å²) in [6, 6.07) is -0.0741. The molecule has 0 aromatic heterocycles. The quantitative estimate of drug-likeness (QED) is 0.654. The van der Waals surface area contributed by atoms with Gasteiger partial charge >= 0.3 is 0 Å². The minimum absolute atomic E-state index is 0.0741. The topological polar surface area (TPSA) is 58.6 Å². The van der Waals surface area contributed by atoms with Crippen molar-refractivity contribution in [1.29, 1.82) is 0 Å². The molecule has 4 heteroatoms. The predicted molar refractivity (Wildman–Crippen MR) is 71.4 cm³/mol. The number of aliphatic hydroxyl groups is 1. The maximum atomic E-state index is 11.6. The second kappa shape index (κ2) is 9.34. The molecule has 0 aliphatic heterocycles. The van der Waals surface area contributed by atoms with E-state index in [1.807, 2.05) is 0 Å². The van der Waals surface area contributed by atoms with Gasteiger partial charge in [0.05, 0.1) is 12.1 Å². The van der Waals surface area contributed by atoms with Crippen LogP contribution >= 0.6 is 0 Å². The number of carbonyl (C=O) groups excluding carboxylic acids is 1. The highest BCUT2D eigenvalue weighted by Gasteiger charge is 2.24. The van der Waals surface area contributed by atoms with E-state index in [1.165, 1.54) is 19.3 Å². The lowest BCUT2D eigenvalue weighted by atomic mass is 9.92. The molecule has 0 heterocycles. The summed E-state index contributed by atoms with van der Waals surface area (Å²) in [5, 5.41) is 12.6. The van der Waals surface area contributed by atoms with Crippen LogP contribution in [0.25, 0.3) is 0 Å². The van der Waals surface area contributed by atoms with Gasteiger partial charge < -0.3 is 15.2 Å². The Balaban J connectivity index is 2.02. The van der Waals surface area contributed by atoms with Crippen LogP contribution in [-0.4, -0.2) is 36.4 Å². The number of aliphatic hydroxyl groups excluding tert-OH is 1. The molecule has 0 spiro atoms. The van der Waals surface area contributed by atoms with Gasteiger partial charge in [-0.2, -0.15) is 0 Å². The van der Waals surface area contributed by atoms with Crippen LogP contribution in [0.3, 0.4) is 0 Å². The van der Waals surface area contributed by atoms with E-state index in [0.717, 1.165) is 32.1 Å². The molecular formula is C14H27NO3. The molecule has 1 amide bonds. The smallest absolute Gasteiger partial charge is 0.246 e. The first kappa shape index (κ1) is 15.4. The Morgan fingerprint density at radius 3 is 2.78 bits per heavy atom. The van der Waals surface area contributed by atoms with Crippen molar-refractivity contribution in [3.05, 3.63) is 0 Å². The van der Waals surface area contributed by atoms with E-state index in [-0.39, 0.29) is 24.7 Å². The molecule has 18 heavy (non-hydrogen) atoms. The molecule has 2 atom stereocenters. The zero-order chi connectivity index (χ0) is 13.2. The Morgan fingerprint density at radius 2 is 2.06 bits per heavy atom. The Morgan fingerprint density at radius 1 is 1.28 bits per heavy atom. The maximum Gasteiger partial charge on any atom is 0.246 e. The highest BCUT2D eigenvalue weighted by atomic mass is 16.5. The van der Waals surface area contributed by atoms with Crippen LogP contribution in [-0.2, 0) is 9.53 Å². The number of carbonyl (C=O) groups is 1. The van der Waals surface area contributed by atoms with Crippen LogP contribution in [0.1, 0.15) is 58.3 Å². The van der Waals surface area contributed by atoms with Crippen molar-refractivity contribution in [2.24, 2.45) is 0 Å². The lowest BCUT2D eigenvalue weighted by molar-refractivity contribution is -0.127. The van der Waals surface area contributed by atoms with E-state index in [1.54, 1.807) is 0 Å². The molecule has 4 nitrogen and oxygen atoms in total. The Hall–Kier alpha value is -0.610. The second-order valence-corrected chi connectivity index (χ2v) is 5.14. The first-order chi connectivity index (χ1) is 8.74. The maximum absolute atomic E-state index is 11.6. The van der Waals surface area contributed by atoms with Crippen LogP contribution < -0.4 is 5.32 Å². The van der Waals surface area contributed by atoms with Crippen molar-refractivity contribution < 1.29 is 14.6 Å². The van der Waals surface area contributed by atoms with Crippen molar-refractivity contribution in [3.63, 3.8) is 0 Å². The Labute approximate surface area is 110 Å². The highest BCUT2D eigenvalue weighted by Crippen LogP contribution is 2.18. The monoisotopic (exact) mass is 257 g/mol. The molecule has 1 saturated carbocycles. The van der Waals surface area contributed by atoms with E-state index in [4.69, 9.17) is 4.74 Å². The van der Waals surface area contributed by atoms with Crippen LogP contribution in [0, 0.1) is 0 Å². The first-order valence-corrected chi connectivity index (χ1v) is 7.29. The normalized spacial score (nSPS) is 23.9. The largest absolute Gasteiger partial charge is 0.391 e. The van der Waals surface area contributed by atoms with Crippen LogP contribution in [0.5, 0.6) is 0 Å². The minimum atomic E-state index is -0.382. The SMILES string of the molecule is CCCCCCOCC(=O)NC1CCCCC1O. The molecule has 1 fully saturated rings. The summed E-state index contributed by atoms with van der Waals surface area (Å²) >= 11 is 0. The van der Waals surface area contributed by atoms with E-state index in [2.05, 4.69) is 12.2 Å². The third-order valence-corrected chi connectivity index (χ3v) is 3.45. The van der Waals surface area contributed by atoms with Crippen LogP contribution in [0.2, 0.25) is 0 Å². The Bertz CT molecular complexity index is 233. The van der Waals surface area contributed by atoms with Gasteiger partial charge in [-0.25, -0.2) is 0 Å². The minimum Gasteiger partial charge on any atom is -0.391 e. The molecule has 0 saturated heterocycles. The summed E-state index contributed by atoms with van der Waals surface area (Å²) in [5.74, 6) is -0.101. The lowest BCUT2D eigenvalue weighted by Crippen LogP contribution is -2.46. The van der Waals surface area contributed by atoms with Crippen molar-refractivity contribution >= 4 is 5.91 Å². The molecule has 1 aliphatic carbocycles. The van der Waals surface area contributed by atoms with E-state index >= 15 is 0 Å². The first-order valence-electron chi connectivity index (χ1n) is 7.29. The average Bonchev–Trinajstić information content (AvgIpc) is 2.36. The molecule has 106 valence electrons. The van der Waals surface area contributed by atoms with E-state index in [0.29, 0.717) is 6.61 Å². The molecular weight excluding hydrogens is 230 g/mol. The highest BCUT2D eigenvalue weighted by molar-refractivity contribution is 5.77. The van der Waals surface area contributed by atoms with E-state index in [9.17, 15) is 9.90 Å². The number of hydrogen-bond donors (Lipinski definition) is 2. The molecule has 1 rings (SSSR count). The molecule has 1 aliphatic rings. The van der Waals surface area contributed by atoms with Crippen LogP contribution in [0.4, 0.5) is 0 Å². The number of amides is 1. The van der Waals surface area contributed by atoms with Gasteiger partial charge in [-0.3, -0.25) is 4.79 Å². The fourth-order valence-corrected chi connectivity index (χ4v) is 2.32. The zero-order valence-electron chi connectivity index (χ0n) is 11.5. The average molecular weight is 257 g/mol. The van der Waals surface area contributed by atoms with Gasteiger partial charge in [0.25, 0.3) is 0 Å². The molecule has 2 unspecified atom stereocenters. The third kappa shape index (κ3) is 6.36. The zero-order valence-corrected chi connectivity index (χ0v) is 11.5. The second-order valence-electron chi connectivity index (χ2n) is 5.14. The third-order valence-electron chi connectivity index (χ3n) is 3.45. The molecule has 0 radical (unpaired) electrons. The van der Waals surface area contributed by atoms with Crippen LogP contribution in [0.15, 0.2) is 0 Å². The summed E-state index contributed by atoms with van der Waals surface area (Å²) < 4.78 is 5.33. The van der Waals surface area contributed by atoms with Crippen molar-refractivity contribution in [1.82, 2.24) is 5.32 Å². The van der Waals surface area contributed by atoms with Gasteiger partial charge in [-0.15, -0.1) is 0 Å². The van der Waals surface area contributed by atoms with E-state index < -0.39 is 0 Å². The lowest BCUT2D eigenvalue weighted by Gasteiger charge is -2.28. The summed E-state index contributed by atoms with van der Waals surface area (Å²) in [5.41, 5.74) is 0. The van der Waals surface area contributed by atoms with Gasteiger partial charge in [0.2, 0.25) is 5.91 Å². The van der Waals surface area contributed by atoms with Crippen molar-refractivity contribution in [3.8, 4) is 0 Å².